The second-order valence-electron chi connectivity index (χ2n) is 7.66. The molecule has 150 valence electrons. The van der Waals surface area contributed by atoms with Crippen LogP contribution in [0.3, 0.4) is 0 Å². The molecule has 0 bridgehead atoms. The maximum atomic E-state index is 13.0. The van der Waals surface area contributed by atoms with Crippen LogP contribution in [-0.4, -0.2) is 25.7 Å². The van der Waals surface area contributed by atoms with Gasteiger partial charge >= 0.3 is 0 Å². The van der Waals surface area contributed by atoms with Crippen LogP contribution in [0.2, 0.25) is 0 Å². The van der Waals surface area contributed by atoms with Crippen molar-refractivity contribution in [1.29, 1.82) is 0 Å². The van der Waals surface area contributed by atoms with Gasteiger partial charge in [0.1, 0.15) is 5.56 Å². The first kappa shape index (κ1) is 19.1. The van der Waals surface area contributed by atoms with Gasteiger partial charge in [-0.05, 0) is 37.3 Å². The summed E-state index contributed by atoms with van der Waals surface area (Å²) < 4.78 is 1.44. The van der Waals surface area contributed by atoms with E-state index in [2.05, 4.69) is 44.6 Å². The van der Waals surface area contributed by atoms with Crippen LogP contribution in [0.25, 0.3) is 5.95 Å². The third-order valence-corrected chi connectivity index (χ3v) is 5.60. The minimum atomic E-state index is -0.477. The van der Waals surface area contributed by atoms with Crippen LogP contribution < -0.4 is 10.9 Å². The summed E-state index contributed by atoms with van der Waals surface area (Å²) in [6, 6.07) is 9.87. The fraction of sp³-hybridized carbons (Fsp3) is 0.364. The number of nitrogens with one attached hydrogen (secondary N) is 2. The quantitative estimate of drug-likeness (QED) is 0.698. The Hall–Kier alpha value is -3.22. The lowest BCUT2D eigenvalue weighted by molar-refractivity contribution is 0.0910. The van der Waals surface area contributed by atoms with Crippen LogP contribution in [0.5, 0.6) is 0 Å². The number of carbonyl (C=O) groups excluding carboxylic acids is 1. The largest absolute Gasteiger partial charge is 0.345 e. The molecule has 2 aromatic heterocycles. The summed E-state index contributed by atoms with van der Waals surface area (Å²) in [6.07, 6.45) is 10.3. The Morgan fingerprint density at radius 3 is 2.62 bits per heavy atom. The third kappa shape index (κ3) is 4.29. The molecule has 0 spiro atoms. The van der Waals surface area contributed by atoms with Crippen molar-refractivity contribution in [3.05, 3.63) is 76.0 Å². The highest BCUT2D eigenvalue weighted by Crippen LogP contribution is 2.34. The first-order chi connectivity index (χ1) is 14.1. The Bertz CT molecular complexity index is 1020. The molecule has 1 saturated carbocycles. The average Bonchev–Trinajstić information content (AvgIpc) is 3.28. The number of hydrogen-bond donors (Lipinski definition) is 2. The van der Waals surface area contributed by atoms with Crippen LogP contribution in [0, 0.1) is 12.8 Å². The molecule has 1 amide bonds. The molecule has 1 aliphatic carbocycles. The van der Waals surface area contributed by atoms with Crippen molar-refractivity contribution < 1.29 is 4.79 Å². The maximum absolute atomic E-state index is 13.0. The highest BCUT2D eigenvalue weighted by molar-refractivity contribution is 5.93. The van der Waals surface area contributed by atoms with Crippen molar-refractivity contribution in [2.75, 3.05) is 0 Å². The van der Waals surface area contributed by atoms with Gasteiger partial charge in [-0.3, -0.25) is 14.6 Å². The van der Waals surface area contributed by atoms with Gasteiger partial charge in [-0.2, -0.15) is 5.10 Å². The average molecular weight is 391 g/mol. The minimum Gasteiger partial charge on any atom is -0.345 e. The fourth-order valence-electron chi connectivity index (χ4n) is 3.99. The zero-order valence-corrected chi connectivity index (χ0v) is 16.5. The Morgan fingerprint density at radius 1 is 1.21 bits per heavy atom. The molecule has 0 aliphatic heterocycles. The second kappa shape index (κ2) is 8.43. The van der Waals surface area contributed by atoms with Gasteiger partial charge in [0.2, 0.25) is 5.95 Å². The molecular formula is C22H25N5O2. The summed E-state index contributed by atoms with van der Waals surface area (Å²) in [4.78, 5) is 32.3. The summed E-state index contributed by atoms with van der Waals surface area (Å²) in [6.45, 7) is 2.05. The van der Waals surface area contributed by atoms with Crippen LogP contribution in [0.1, 0.15) is 59.6 Å². The Kier molecular flexibility index (Phi) is 5.55. The van der Waals surface area contributed by atoms with Gasteiger partial charge in [-0.15, -0.1) is 0 Å². The van der Waals surface area contributed by atoms with Crippen molar-refractivity contribution >= 4 is 5.91 Å². The van der Waals surface area contributed by atoms with Gasteiger partial charge < -0.3 is 5.32 Å². The molecule has 1 atom stereocenters. The van der Waals surface area contributed by atoms with Gasteiger partial charge in [0, 0.05) is 18.6 Å². The molecule has 3 aromatic rings. The molecule has 0 radical (unpaired) electrons. The Labute approximate surface area is 169 Å². The van der Waals surface area contributed by atoms with Crippen LogP contribution in [-0.2, 0) is 0 Å². The number of hydrogen-bond acceptors (Lipinski definition) is 4. The van der Waals surface area contributed by atoms with E-state index < -0.39 is 11.5 Å². The van der Waals surface area contributed by atoms with Gasteiger partial charge in [0.25, 0.3) is 11.5 Å². The smallest absolute Gasteiger partial charge is 0.265 e. The molecule has 7 heteroatoms. The van der Waals surface area contributed by atoms with Gasteiger partial charge in [-0.25, -0.2) is 9.67 Å². The Morgan fingerprint density at radius 2 is 1.97 bits per heavy atom. The molecular weight excluding hydrogens is 366 g/mol. The lowest BCUT2D eigenvalue weighted by atomic mass is 9.81. The summed E-state index contributed by atoms with van der Waals surface area (Å²) in [7, 11) is 0. The molecule has 4 rings (SSSR count). The van der Waals surface area contributed by atoms with E-state index in [4.69, 9.17) is 0 Å². The predicted octanol–water partition coefficient (Wildman–Crippen LogP) is 3.32. The van der Waals surface area contributed by atoms with E-state index in [0.29, 0.717) is 5.92 Å². The SMILES string of the molecule is Cc1ccc([C@@H](NC(=O)c2cnc(-n3cccn3)[nH]c2=O)C2CCCCC2)cc1. The molecule has 2 heterocycles. The Balaban J connectivity index is 1.59. The number of carbonyl (C=O) groups is 1. The second-order valence-corrected chi connectivity index (χ2v) is 7.66. The van der Waals surface area contributed by atoms with Crippen molar-refractivity contribution in [1.82, 2.24) is 25.1 Å². The van der Waals surface area contributed by atoms with E-state index in [9.17, 15) is 9.59 Å². The first-order valence-electron chi connectivity index (χ1n) is 10.1. The lowest BCUT2D eigenvalue weighted by Crippen LogP contribution is -2.37. The zero-order chi connectivity index (χ0) is 20.2. The van der Waals surface area contributed by atoms with Crippen molar-refractivity contribution in [2.24, 2.45) is 5.92 Å². The number of aromatic amines is 1. The van der Waals surface area contributed by atoms with E-state index >= 15 is 0 Å². The van der Waals surface area contributed by atoms with E-state index in [1.165, 1.54) is 35.7 Å². The third-order valence-electron chi connectivity index (χ3n) is 5.60. The van der Waals surface area contributed by atoms with Crippen molar-refractivity contribution in [3.8, 4) is 5.95 Å². The van der Waals surface area contributed by atoms with E-state index in [1.807, 2.05) is 6.92 Å². The van der Waals surface area contributed by atoms with E-state index in [0.717, 1.165) is 18.4 Å². The van der Waals surface area contributed by atoms with E-state index in [1.54, 1.807) is 18.5 Å². The van der Waals surface area contributed by atoms with Crippen LogP contribution in [0.15, 0.2) is 53.7 Å². The normalized spacial score (nSPS) is 15.8. The predicted molar refractivity (Wildman–Crippen MR) is 110 cm³/mol. The molecule has 7 nitrogen and oxygen atoms in total. The zero-order valence-electron chi connectivity index (χ0n) is 16.5. The molecule has 0 saturated heterocycles. The van der Waals surface area contributed by atoms with Crippen molar-refractivity contribution in [2.45, 2.75) is 45.1 Å². The van der Waals surface area contributed by atoms with Gasteiger partial charge in [0.15, 0.2) is 0 Å². The monoisotopic (exact) mass is 391 g/mol. The number of aryl methyl sites for hydroxylation is 1. The highest BCUT2D eigenvalue weighted by Gasteiger charge is 2.27. The number of amides is 1. The fourth-order valence-corrected chi connectivity index (χ4v) is 3.99. The number of nitrogens with zero attached hydrogens (tertiary/aromatic N) is 3. The number of rotatable bonds is 5. The molecule has 2 N–H and O–H groups in total. The molecule has 0 unspecified atom stereocenters. The standard InChI is InChI=1S/C22H25N5O2/c1-15-8-10-17(11-9-15)19(16-6-3-2-4-7-16)25-20(28)18-14-23-22(26-21(18)29)27-13-5-12-24-27/h5,8-14,16,19H,2-4,6-7H2,1H3,(H,25,28)(H,23,26,29)/t19-/m0/s1. The number of aromatic nitrogens is 4. The van der Waals surface area contributed by atoms with Crippen LogP contribution >= 0.6 is 0 Å². The summed E-state index contributed by atoms with van der Waals surface area (Å²) in [5.41, 5.74) is 1.79. The van der Waals surface area contributed by atoms with Crippen molar-refractivity contribution in [3.63, 3.8) is 0 Å². The molecule has 1 aliphatic rings. The molecule has 1 fully saturated rings. The number of benzene rings is 1. The summed E-state index contributed by atoms with van der Waals surface area (Å²) in [5, 5.41) is 7.15. The summed E-state index contributed by atoms with van der Waals surface area (Å²) >= 11 is 0. The number of H-pyrrole nitrogens is 1. The highest BCUT2D eigenvalue weighted by atomic mass is 16.2. The first-order valence-corrected chi connectivity index (χ1v) is 10.1. The molecule has 29 heavy (non-hydrogen) atoms. The minimum absolute atomic E-state index is 0.00817. The summed E-state index contributed by atoms with van der Waals surface area (Å²) in [5.74, 6) is 0.242. The maximum Gasteiger partial charge on any atom is 0.265 e. The topological polar surface area (TPSA) is 92.7 Å². The van der Waals surface area contributed by atoms with Crippen LogP contribution in [0.4, 0.5) is 0 Å². The molecule has 1 aromatic carbocycles. The van der Waals surface area contributed by atoms with Gasteiger partial charge in [-0.1, -0.05) is 49.1 Å². The van der Waals surface area contributed by atoms with Gasteiger partial charge in [0.05, 0.1) is 6.04 Å². The lowest BCUT2D eigenvalue weighted by Gasteiger charge is -2.31. The van der Waals surface area contributed by atoms with E-state index in [-0.39, 0.29) is 17.6 Å².